The van der Waals surface area contributed by atoms with E-state index in [1.54, 1.807) is 31.2 Å². The SMILES string of the molecule is CCOC(=O)c1ccccc1NC(=O)Nc1ccccc1N1CCOCC1. The zero-order chi connectivity index (χ0) is 19.1. The summed E-state index contributed by atoms with van der Waals surface area (Å²) in [4.78, 5) is 26.8. The molecule has 0 atom stereocenters. The lowest BCUT2D eigenvalue weighted by Gasteiger charge is -2.30. The van der Waals surface area contributed by atoms with Gasteiger partial charge in [-0.2, -0.15) is 0 Å². The molecule has 1 aliphatic heterocycles. The van der Waals surface area contributed by atoms with Crippen LogP contribution in [0.25, 0.3) is 0 Å². The zero-order valence-electron chi connectivity index (χ0n) is 15.2. The third-order valence-electron chi connectivity index (χ3n) is 4.17. The molecular weight excluding hydrogens is 346 g/mol. The van der Waals surface area contributed by atoms with Crippen LogP contribution in [0.3, 0.4) is 0 Å². The second-order valence-corrected chi connectivity index (χ2v) is 5.96. The highest BCUT2D eigenvalue weighted by molar-refractivity contribution is 6.06. The normalized spacial score (nSPS) is 13.7. The lowest BCUT2D eigenvalue weighted by atomic mass is 10.2. The van der Waals surface area contributed by atoms with Crippen LogP contribution < -0.4 is 15.5 Å². The van der Waals surface area contributed by atoms with Gasteiger partial charge in [-0.05, 0) is 31.2 Å². The fraction of sp³-hybridized carbons (Fsp3) is 0.300. The Hall–Kier alpha value is -3.06. The van der Waals surface area contributed by atoms with Gasteiger partial charge in [-0.3, -0.25) is 0 Å². The molecule has 1 fully saturated rings. The first-order valence-corrected chi connectivity index (χ1v) is 8.95. The maximum Gasteiger partial charge on any atom is 0.340 e. The van der Waals surface area contributed by atoms with Gasteiger partial charge in [0.05, 0.1) is 42.4 Å². The van der Waals surface area contributed by atoms with Gasteiger partial charge in [0.15, 0.2) is 0 Å². The van der Waals surface area contributed by atoms with E-state index in [0.29, 0.717) is 30.2 Å². The minimum Gasteiger partial charge on any atom is -0.462 e. The van der Waals surface area contributed by atoms with Crippen molar-refractivity contribution < 1.29 is 19.1 Å². The van der Waals surface area contributed by atoms with E-state index in [2.05, 4.69) is 15.5 Å². The van der Waals surface area contributed by atoms with Crippen LogP contribution in [0.4, 0.5) is 21.9 Å². The number of ether oxygens (including phenoxy) is 2. The summed E-state index contributed by atoms with van der Waals surface area (Å²) in [6, 6.07) is 14.0. The van der Waals surface area contributed by atoms with Gasteiger partial charge in [0, 0.05) is 13.1 Å². The van der Waals surface area contributed by atoms with Crippen molar-refractivity contribution in [2.24, 2.45) is 0 Å². The average molecular weight is 369 g/mol. The minimum absolute atomic E-state index is 0.270. The van der Waals surface area contributed by atoms with Gasteiger partial charge in [0.2, 0.25) is 0 Å². The summed E-state index contributed by atoms with van der Waals surface area (Å²) in [6.07, 6.45) is 0. The number of nitrogens with zero attached hydrogens (tertiary/aromatic N) is 1. The van der Waals surface area contributed by atoms with Crippen molar-refractivity contribution in [2.75, 3.05) is 48.4 Å². The molecule has 2 aromatic rings. The number of amides is 2. The van der Waals surface area contributed by atoms with E-state index in [1.807, 2.05) is 24.3 Å². The van der Waals surface area contributed by atoms with Crippen LogP contribution in [0.15, 0.2) is 48.5 Å². The molecule has 2 amide bonds. The highest BCUT2D eigenvalue weighted by Crippen LogP contribution is 2.26. The Morgan fingerprint density at radius 1 is 1.00 bits per heavy atom. The fourth-order valence-electron chi connectivity index (χ4n) is 2.91. The summed E-state index contributed by atoms with van der Waals surface area (Å²) < 4.78 is 10.4. The number of para-hydroxylation sites is 3. The number of hydrogen-bond donors (Lipinski definition) is 2. The molecule has 0 radical (unpaired) electrons. The highest BCUT2D eigenvalue weighted by atomic mass is 16.5. The fourth-order valence-corrected chi connectivity index (χ4v) is 2.91. The van der Waals surface area contributed by atoms with E-state index >= 15 is 0 Å². The summed E-state index contributed by atoms with van der Waals surface area (Å²) in [6.45, 7) is 4.87. The molecule has 0 unspecified atom stereocenters. The number of rotatable bonds is 5. The first-order chi connectivity index (χ1) is 13.2. The maximum atomic E-state index is 12.5. The van der Waals surface area contributed by atoms with Gasteiger partial charge < -0.3 is 25.0 Å². The molecule has 7 heteroatoms. The third kappa shape index (κ3) is 4.77. The Kier molecular flexibility index (Phi) is 6.27. The summed E-state index contributed by atoms with van der Waals surface area (Å²) in [5.74, 6) is -0.470. The number of carbonyl (C=O) groups excluding carboxylic acids is 2. The molecular formula is C20H23N3O4. The molecule has 1 heterocycles. The van der Waals surface area contributed by atoms with Gasteiger partial charge in [-0.1, -0.05) is 24.3 Å². The number of anilines is 3. The van der Waals surface area contributed by atoms with Crippen LogP contribution in [0.1, 0.15) is 17.3 Å². The van der Waals surface area contributed by atoms with E-state index < -0.39 is 12.0 Å². The summed E-state index contributed by atoms with van der Waals surface area (Å²) >= 11 is 0. The summed E-state index contributed by atoms with van der Waals surface area (Å²) in [5, 5.41) is 5.60. The molecule has 0 spiro atoms. The van der Waals surface area contributed by atoms with Gasteiger partial charge in [-0.15, -0.1) is 0 Å². The van der Waals surface area contributed by atoms with Crippen molar-refractivity contribution in [3.05, 3.63) is 54.1 Å². The van der Waals surface area contributed by atoms with Crippen LogP contribution in [-0.2, 0) is 9.47 Å². The molecule has 0 saturated carbocycles. The van der Waals surface area contributed by atoms with Crippen molar-refractivity contribution in [3.63, 3.8) is 0 Å². The molecule has 1 aliphatic rings. The number of nitrogens with one attached hydrogen (secondary N) is 2. The van der Waals surface area contributed by atoms with Crippen molar-refractivity contribution in [1.29, 1.82) is 0 Å². The van der Waals surface area contributed by atoms with Crippen LogP contribution in [0.2, 0.25) is 0 Å². The van der Waals surface area contributed by atoms with Gasteiger partial charge in [-0.25, -0.2) is 9.59 Å². The predicted octanol–water partition coefficient (Wildman–Crippen LogP) is 3.34. The second kappa shape index (κ2) is 9.05. The first-order valence-electron chi connectivity index (χ1n) is 8.95. The smallest absolute Gasteiger partial charge is 0.340 e. The molecule has 2 aromatic carbocycles. The molecule has 2 N–H and O–H groups in total. The molecule has 0 aliphatic carbocycles. The van der Waals surface area contributed by atoms with Gasteiger partial charge >= 0.3 is 12.0 Å². The Labute approximate surface area is 158 Å². The Balaban J connectivity index is 1.73. The van der Waals surface area contributed by atoms with Crippen LogP contribution >= 0.6 is 0 Å². The lowest BCUT2D eigenvalue weighted by Crippen LogP contribution is -2.37. The standard InChI is InChI=1S/C20H23N3O4/c1-2-27-19(24)15-7-3-4-8-16(15)21-20(25)22-17-9-5-6-10-18(17)23-11-13-26-14-12-23/h3-10H,2,11-14H2,1H3,(H2,21,22,25). The molecule has 27 heavy (non-hydrogen) atoms. The molecule has 3 rings (SSSR count). The van der Waals surface area contributed by atoms with E-state index in [9.17, 15) is 9.59 Å². The Bertz CT molecular complexity index is 803. The number of urea groups is 1. The van der Waals surface area contributed by atoms with Crippen molar-refractivity contribution in [3.8, 4) is 0 Å². The largest absolute Gasteiger partial charge is 0.462 e. The Morgan fingerprint density at radius 2 is 1.63 bits per heavy atom. The van der Waals surface area contributed by atoms with Crippen LogP contribution in [0, 0.1) is 0 Å². The predicted molar refractivity (Wildman–Crippen MR) is 105 cm³/mol. The Morgan fingerprint density at radius 3 is 2.37 bits per heavy atom. The number of hydrogen-bond acceptors (Lipinski definition) is 5. The number of esters is 1. The van der Waals surface area contributed by atoms with E-state index in [4.69, 9.17) is 9.47 Å². The average Bonchev–Trinajstić information content (AvgIpc) is 2.69. The minimum atomic E-state index is -0.470. The maximum absolute atomic E-state index is 12.5. The molecule has 142 valence electrons. The summed E-state index contributed by atoms with van der Waals surface area (Å²) in [7, 11) is 0. The first kappa shape index (κ1) is 18.7. The number of morpholine rings is 1. The topological polar surface area (TPSA) is 79.9 Å². The molecule has 1 saturated heterocycles. The van der Waals surface area contributed by atoms with E-state index in [0.717, 1.165) is 18.8 Å². The second-order valence-electron chi connectivity index (χ2n) is 5.96. The number of carbonyl (C=O) groups is 2. The highest BCUT2D eigenvalue weighted by Gasteiger charge is 2.17. The van der Waals surface area contributed by atoms with E-state index in [-0.39, 0.29) is 6.61 Å². The summed E-state index contributed by atoms with van der Waals surface area (Å²) in [5.41, 5.74) is 2.36. The molecule has 0 bridgehead atoms. The van der Waals surface area contributed by atoms with Gasteiger partial charge in [0.1, 0.15) is 0 Å². The third-order valence-corrected chi connectivity index (χ3v) is 4.17. The quantitative estimate of drug-likeness (QED) is 0.790. The lowest BCUT2D eigenvalue weighted by molar-refractivity contribution is 0.0527. The van der Waals surface area contributed by atoms with Crippen LogP contribution in [0.5, 0.6) is 0 Å². The van der Waals surface area contributed by atoms with Crippen molar-refractivity contribution in [1.82, 2.24) is 0 Å². The molecule has 0 aromatic heterocycles. The monoisotopic (exact) mass is 369 g/mol. The zero-order valence-corrected chi connectivity index (χ0v) is 15.2. The van der Waals surface area contributed by atoms with Crippen LogP contribution in [-0.4, -0.2) is 44.9 Å². The van der Waals surface area contributed by atoms with Gasteiger partial charge in [0.25, 0.3) is 0 Å². The molecule has 7 nitrogen and oxygen atoms in total. The van der Waals surface area contributed by atoms with E-state index in [1.165, 1.54) is 0 Å². The van der Waals surface area contributed by atoms with Crippen molar-refractivity contribution >= 4 is 29.1 Å². The van der Waals surface area contributed by atoms with Crippen molar-refractivity contribution in [2.45, 2.75) is 6.92 Å². The number of benzene rings is 2.